The average Bonchev–Trinajstić information content (AvgIpc) is 2.38. The van der Waals surface area contributed by atoms with Gasteiger partial charge in [0, 0.05) is 25.2 Å². The van der Waals surface area contributed by atoms with Crippen LogP contribution in [0.4, 0.5) is 0 Å². The molecule has 0 aliphatic rings. The largest absolute Gasteiger partial charge is 0.396 e. The molecular weight excluding hydrogens is 154 g/mol. The molecule has 0 aliphatic heterocycles. The van der Waals surface area contributed by atoms with Crippen LogP contribution in [0.3, 0.4) is 0 Å². The first-order valence-corrected chi connectivity index (χ1v) is 4.00. The van der Waals surface area contributed by atoms with Gasteiger partial charge in [0.1, 0.15) is 0 Å². The normalized spacial score (nSPS) is 13.3. The lowest BCUT2D eigenvalue weighted by atomic mass is 10.0. The highest BCUT2D eigenvalue weighted by atomic mass is 16.3. The number of nitrogens with two attached hydrogens (primary N) is 1. The number of hydrogen-bond acceptors (Lipinski definition) is 3. The van der Waals surface area contributed by atoms with E-state index in [1.54, 1.807) is 10.9 Å². The fraction of sp³-hybridized carbons (Fsp3) is 0.625. The Hall–Kier alpha value is -0.870. The molecule has 0 aromatic carbocycles. The first-order chi connectivity index (χ1) is 5.70. The quantitative estimate of drug-likeness (QED) is 0.656. The van der Waals surface area contributed by atoms with Gasteiger partial charge in [0.05, 0.1) is 12.8 Å². The van der Waals surface area contributed by atoms with E-state index in [0.29, 0.717) is 6.54 Å². The molecule has 0 amide bonds. The van der Waals surface area contributed by atoms with Crippen molar-refractivity contribution in [3.63, 3.8) is 0 Å². The van der Waals surface area contributed by atoms with E-state index in [-0.39, 0.29) is 12.5 Å². The fourth-order valence-electron chi connectivity index (χ4n) is 1.42. The topological polar surface area (TPSA) is 64.1 Å². The molecule has 1 atom stereocenters. The van der Waals surface area contributed by atoms with Crippen LogP contribution in [0.15, 0.2) is 6.20 Å². The minimum atomic E-state index is 0.0116. The summed E-state index contributed by atoms with van der Waals surface area (Å²) < 4.78 is 1.77. The van der Waals surface area contributed by atoms with Crippen LogP contribution >= 0.6 is 0 Å². The number of aliphatic hydroxyl groups excluding tert-OH is 1. The first kappa shape index (κ1) is 9.22. The second-order valence-electron chi connectivity index (χ2n) is 2.95. The maximum Gasteiger partial charge on any atom is 0.0527 e. The molecule has 68 valence electrons. The van der Waals surface area contributed by atoms with E-state index in [0.717, 1.165) is 11.3 Å². The van der Waals surface area contributed by atoms with Crippen molar-refractivity contribution in [3.05, 3.63) is 17.5 Å². The van der Waals surface area contributed by atoms with E-state index in [1.807, 2.05) is 14.0 Å². The Kier molecular flexibility index (Phi) is 2.83. The summed E-state index contributed by atoms with van der Waals surface area (Å²) in [6, 6.07) is 0. The standard InChI is InChI=1S/C8H15N3O/c1-6-4-10-11(2)8(6)7(3-9)5-12/h4,7,12H,3,5,9H2,1-2H3. The zero-order valence-electron chi connectivity index (χ0n) is 7.49. The summed E-state index contributed by atoms with van der Waals surface area (Å²) in [6.45, 7) is 2.51. The van der Waals surface area contributed by atoms with Crippen molar-refractivity contribution in [3.8, 4) is 0 Å². The van der Waals surface area contributed by atoms with Gasteiger partial charge in [-0.3, -0.25) is 4.68 Å². The van der Waals surface area contributed by atoms with E-state index in [4.69, 9.17) is 10.8 Å². The Labute approximate surface area is 72.0 Å². The minimum Gasteiger partial charge on any atom is -0.396 e. The van der Waals surface area contributed by atoms with Gasteiger partial charge in [-0.05, 0) is 12.5 Å². The predicted octanol–water partition coefficient (Wildman–Crippen LogP) is -0.237. The number of nitrogens with zero attached hydrogens (tertiary/aromatic N) is 2. The van der Waals surface area contributed by atoms with Gasteiger partial charge in [-0.1, -0.05) is 0 Å². The monoisotopic (exact) mass is 169 g/mol. The van der Waals surface area contributed by atoms with Crippen LogP contribution < -0.4 is 5.73 Å². The molecule has 4 heteroatoms. The summed E-state index contributed by atoms with van der Waals surface area (Å²) in [5, 5.41) is 13.1. The maximum atomic E-state index is 9.03. The van der Waals surface area contributed by atoms with E-state index < -0.39 is 0 Å². The van der Waals surface area contributed by atoms with Crippen LogP contribution in [-0.2, 0) is 7.05 Å². The van der Waals surface area contributed by atoms with Gasteiger partial charge in [0.2, 0.25) is 0 Å². The molecule has 3 N–H and O–H groups in total. The highest BCUT2D eigenvalue weighted by Crippen LogP contribution is 2.16. The van der Waals surface area contributed by atoms with Crippen LogP contribution in [-0.4, -0.2) is 28.0 Å². The van der Waals surface area contributed by atoms with E-state index in [1.165, 1.54) is 0 Å². The molecule has 1 aromatic rings. The van der Waals surface area contributed by atoms with Crippen molar-refractivity contribution in [2.75, 3.05) is 13.2 Å². The van der Waals surface area contributed by atoms with Crippen LogP contribution in [0.25, 0.3) is 0 Å². The molecular formula is C8H15N3O. The molecule has 1 heterocycles. The summed E-state index contributed by atoms with van der Waals surface area (Å²) in [5.74, 6) is 0.0116. The van der Waals surface area contributed by atoms with Gasteiger partial charge in [0.15, 0.2) is 0 Å². The Morgan fingerprint density at radius 3 is 2.75 bits per heavy atom. The SMILES string of the molecule is Cc1cnn(C)c1C(CN)CO. The minimum absolute atomic E-state index is 0.0116. The lowest BCUT2D eigenvalue weighted by molar-refractivity contribution is 0.262. The zero-order valence-corrected chi connectivity index (χ0v) is 7.49. The lowest BCUT2D eigenvalue weighted by Gasteiger charge is -2.12. The lowest BCUT2D eigenvalue weighted by Crippen LogP contribution is -2.19. The molecule has 1 aromatic heterocycles. The van der Waals surface area contributed by atoms with Crippen LogP contribution in [0, 0.1) is 6.92 Å². The van der Waals surface area contributed by atoms with Gasteiger partial charge in [-0.2, -0.15) is 5.10 Å². The van der Waals surface area contributed by atoms with Crippen molar-refractivity contribution in [2.24, 2.45) is 12.8 Å². The third-order valence-corrected chi connectivity index (χ3v) is 2.07. The molecule has 0 bridgehead atoms. The van der Waals surface area contributed by atoms with Gasteiger partial charge < -0.3 is 10.8 Å². The number of aromatic nitrogens is 2. The molecule has 12 heavy (non-hydrogen) atoms. The molecule has 0 fully saturated rings. The smallest absolute Gasteiger partial charge is 0.0527 e. The number of rotatable bonds is 3. The summed E-state index contributed by atoms with van der Waals surface area (Å²) in [7, 11) is 1.86. The Morgan fingerprint density at radius 1 is 1.75 bits per heavy atom. The van der Waals surface area contributed by atoms with E-state index >= 15 is 0 Å². The highest BCUT2D eigenvalue weighted by Gasteiger charge is 2.14. The maximum absolute atomic E-state index is 9.03. The third-order valence-electron chi connectivity index (χ3n) is 2.07. The average molecular weight is 169 g/mol. The van der Waals surface area contributed by atoms with Crippen LogP contribution in [0.1, 0.15) is 17.2 Å². The van der Waals surface area contributed by atoms with Crippen molar-refractivity contribution in [2.45, 2.75) is 12.8 Å². The molecule has 0 aliphatic carbocycles. The van der Waals surface area contributed by atoms with Crippen LogP contribution in [0.2, 0.25) is 0 Å². The van der Waals surface area contributed by atoms with Crippen molar-refractivity contribution in [1.29, 1.82) is 0 Å². The number of aryl methyl sites for hydroxylation is 2. The molecule has 0 saturated carbocycles. The fourth-order valence-corrected chi connectivity index (χ4v) is 1.42. The molecule has 0 saturated heterocycles. The second-order valence-corrected chi connectivity index (χ2v) is 2.95. The van der Waals surface area contributed by atoms with Gasteiger partial charge >= 0.3 is 0 Å². The zero-order chi connectivity index (χ0) is 9.14. The summed E-state index contributed by atoms with van der Waals surface area (Å²) >= 11 is 0. The Morgan fingerprint density at radius 2 is 2.42 bits per heavy atom. The summed E-state index contributed by atoms with van der Waals surface area (Å²) in [4.78, 5) is 0. The summed E-state index contributed by atoms with van der Waals surface area (Å²) in [6.07, 6.45) is 1.79. The molecule has 1 unspecified atom stereocenters. The highest BCUT2D eigenvalue weighted by molar-refractivity contribution is 5.20. The Balaban J connectivity index is 2.98. The molecule has 0 radical (unpaired) electrons. The predicted molar refractivity (Wildman–Crippen MR) is 46.8 cm³/mol. The molecule has 1 rings (SSSR count). The Bertz CT molecular complexity index is 233. The van der Waals surface area contributed by atoms with Gasteiger partial charge in [-0.25, -0.2) is 0 Å². The van der Waals surface area contributed by atoms with Crippen molar-refractivity contribution >= 4 is 0 Å². The van der Waals surface area contributed by atoms with Gasteiger partial charge in [0.25, 0.3) is 0 Å². The summed E-state index contributed by atoms with van der Waals surface area (Å²) in [5.41, 5.74) is 7.62. The molecule has 4 nitrogen and oxygen atoms in total. The third kappa shape index (κ3) is 1.49. The van der Waals surface area contributed by atoms with E-state index in [9.17, 15) is 0 Å². The van der Waals surface area contributed by atoms with Gasteiger partial charge in [-0.15, -0.1) is 0 Å². The van der Waals surface area contributed by atoms with E-state index in [2.05, 4.69) is 5.10 Å². The van der Waals surface area contributed by atoms with Crippen LogP contribution in [0.5, 0.6) is 0 Å². The number of hydrogen-bond donors (Lipinski definition) is 2. The number of aliphatic hydroxyl groups is 1. The second kappa shape index (κ2) is 3.69. The first-order valence-electron chi connectivity index (χ1n) is 4.00. The molecule has 0 spiro atoms. The van der Waals surface area contributed by atoms with Crippen molar-refractivity contribution in [1.82, 2.24) is 9.78 Å². The van der Waals surface area contributed by atoms with Crippen molar-refractivity contribution < 1.29 is 5.11 Å².